The zero-order valence-electron chi connectivity index (χ0n) is 9.53. The number of amides is 1. The van der Waals surface area contributed by atoms with Gasteiger partial charge in [0, 0.05) is 29.4 Å². The fourth-order valence-corrected chi connectivity index (χ4v) is 2.62. The van der Waals surface area contributed by atoms with Crippen molar-refractivity contribution in [3.8, 4) is 0 Å². The largest absolute Gasteiger partial charge is 0.398 e. The Morgan fingerprint density at radius 3 is 2.82 bits per heavy atom. The number of nitrogens with two attached hydrogens (primary N) is 1. The number of hydrogen-bond donors (Lipinski definition) is 2. The molecule has 0 aliphatic heterocycles. The minimum Gasteiger partial charge on any atom is -0.398 e. The molecule has 1 aromatic carbocycles. The van der Waals surface area contributed by atoms with Crippen LogP contribution in [0.1, 0.15) is 13.3 Å². The van der Waals surface area contributed by atoms with E-state index >= 15 is 0 Å². The highest BCUT2D eigenvalue weighted by atomic mass is 35.5. The number of hydrogen-bond acceptors (Lipinski definition) is 3. The molecule has 0 saturated carbocycles. The second-order valence-electron chi connectivity index (χ2n) is 3.44. The van der Waals surface area contributed by atoms with Crippen LogP contribution in [0.25, 0.3) is 0 Å². The molecule has 0 aliphatic carbocycles. The number of nitrogens with one attached hydrogen (secondary N) is 1. The predicted molar refractivity (Wildman–Crippen MR) is 70.4 cm³/mol. The van der Waals surface area contributed by atoms with E-state index in [1.54, 1.807) is 18.2 Å². The normalized spacial score (nSPS) is 12.1. The summed E-state index contributed by atoms with van der Waals surface area (Å²) in [5.74, 6) is 0.158. The molecule has 1 aromatic rings. The van der Waals surface area contributed by atoms with Gasteiger partial charge in [-0.25, -0.2) is 0 Å². The average molecular weight is 275 g/mol. The van der Waals surface area contributed by atoms with E-state index in [1.807, 2.05) is 6.92 Å². The lowest BCUT2D eigenvalue weighted by Gasteiger charge is -2.06. The monoisotopic (exact) mass is 274 g/mol. The number of benzene rings is 1. The minimum absolute atomic E-state index is 0.103. The Labute approximate surface area is 108 Å². The van der Waals surface area contributed by atoms with E-state index in [1.165, 1.54) is 0 Å². The van der Waals surface area contributed by atoms with Gasteiger partial charge in [0.1, 0.15) is 0 Å². The summed E-state index contributed by atoms with van der Waals surface area (Å²) >= 11 is 5.75. The Hall–Kier alpha value is -1.07. The van der Waals surface area contributed by atoms with Crippen molar-refractivity contribution in [2.24, 2.45) is 0 Å². The summed E-state index contributed by atoms with van der Waals surface area (Å²) in [7, 11) is -1.27. The topological polar surface area (TPSA) is 72.2 Å². The zero-order chi connectivity index (χ0) is 12.8. The lowest BCUT2D eigenvalue weighted by atomic mass is 10.3. The fourth-order valence-electron chi connectivity index (χ4n) is 1.31. The molecule has 94 valence electrons. The Morgan fingerprint density at radius 1 is 1.53 bits per heavy atom. The van der Waals surface area contributed by atoms with Gasteiger partial charge in [0.05, 0.1) is 15.7 Å². The maximum atomic E-state index is 11.9. The van der Waals surface area contributed by atoms with Gasteiger partial charge in [-0.15, -0.1) is 0 Å². The summed E-state index contributed by atoms with van der Waals surface area (Å²) in [4.78, 5) is 11.7. The van der Waals surface area contributed by atoms with Crippen molar-refractivity contribution in [3.63, 3.8) is 0 Å². The van der Waals surface area contributed by atoms with Gasteiger partial charge in [-0.2, -0.15) is 0 Å². The summed E-state index contributed by atoms with van der Waals surface area (Å²) < 4.78 is 11.9. The van der Waals surface area contributed by atoms with E-state index in [0.29, 0.717) is 22.2 Å². The third kappa shape index (κ3) is 4.36. The third-order valence-electron chi connectivity index (χ3n) is 2.11. The van der Waals surface area contributed by atoms with Gasteiger partial charge in [-0.3, -0.25) is 9.00 Å². The van der Waals surface area contributed by atoms with Crippen molar-refractivity contribution >= 4 is 34.0 Å². The summed E-state index contributed by atoms with van der Waals surface area (Å²) in [5, 5.41) is 3.16. The highest BCUT2D eigenvalue weighted by molar-refractivity contribution is 7.85. The van der Waals surface area contributed by atoms with Crippen molar-refractivity contribution < 1.29 is 9.00 Å². The van der Waals surface area contributed by atoms with Gasteiger partial charge < -0.3 is 11.1 Å². The summed E-state index contributed by atoms with van der Waals surface area (Å²) in [6, 6.07) is 4.82. The van der Waals surface area contributed by atoms with Crippen LogP contribution in [0.4, 0.5) is 5.69 Å². The van der Waals surface area contributed by atoms with Gasteiger partial charge in [0.25, 0.3) is 0 Å². The molecule has 1 amide bonds. The molecular formula is C11H15ClN2O2S. The first-order valence-electron chi connectivity index (χ1n) is 5.24. The number of carbonyl (C=O) groups is 1. The number of rotatable bonds is 5. The molecule has 6 heteroatoms. The second kappa shape index (κ2) is 6.61. The SMILES string of the molecule is CCNC(=O)CCS(=O)c1ccc(Cl)cc1N. The van der Waals surface area contributed by atoms with Crippen LogP contribution in [0.15, 0.2) is 23.1 Å². The Kier molecular flexibility index (Phi) is 5.44. The van der Waals surface area contributed by atoms with Crippen molar-refractivity contribution in [2.45, 2.75) is 18.2 Å². The lowest BCUT2D eigenvalue weighted by Crippen LogP contribution is -2.24. The van der Waals surface area contributed by atoms with E-state index < -0.39 is 10.8 Å². The molecule has 1 rings (SSSR count). The predicted octanol–water partition coefficient (Wildman–Crippen LogP) is 1.56. The van der Waals surface area contributed by atoms with Crippen LogP contribution in [0.3, 0.4) is 0 Å². The first-order valence-corrected chi connectivity index (χ1v) is 6.94. The van der Waals surface area contributed by atoms with Crippen molar-refractivity contribution in [1.29, 1.82) is 0 Å². The van der Waals surface area contributed by atoms with Gasteiger partial charge in [-0.1, -0.05) is 11.6 Å². The van der Waals surface area contributed by atoms with Crippen LogP contribution in [-0.4, -0.2) is 22.4 Å². The highest BCUT2D eigenvalue weighted by Gasteiger charge is 2.10. The molecule has 3 N–H and O–H groups in total. The van der Waals surface area contributed by atoms with Crippen molar-refractivity contribution in [3.05, 3.63) is 23.2 Å². The highest BCUT2D eigenvalue weighted by Crippen LogP contribution is 2.21. The van der Waals surface area contributed by atoms with Crippen molar-refractivity contribution in [1.82, 2.24) is 5.32 Å². The van der Waals surface area contributed by atoms with Crippen LogP contribution in [-0.2, 0) is 15.6 Å². The molecule has 0 aliphatic rings. The standard InChI is InChI=1S/C11H15ClN2O2S/c1-2-14-11(15)5-6-17(16)10-4-3-8(12)7-9(10)13/h3-4,7H,2,5-6,13H2,1H3,(H,14,15). The first-order chi connectivity index (χ1) is 8.04. The number of nitrogen functional groups attached to an aromatic ring is 1. The Balaban J connectivity index is 2.61. The Morgan fingerprint density at radius 2 is 2.24 bits per heavy atom. The molecule has 0 heterocycles. The fraction of sp³-hybridized carbons (Fsp3) is 0.364. The molecule has 0 aromatic heterocycles. The van der Waals surface area contributed by atoms with E-state index in [-0.39, 0.29) is 18.1 Å². The first kappa shape index (κ1) is 14.0. The molecule has 1 atom stereocenters. The molecule has 17 heavy (non-hydrogen) atoms. The van der Waals surface area contributed by atoms with Crippen molar-refractivity contribution in [2.75, 3.05) is 18.0 Å². The van der Waals surface area contributed by atoms with E-state index in [0.717, 1.165) is 0 Å². The Bertz CT molecular complexity index is 437. The molecule has 4 nitrogen and oxygen atoms in total. The number of carbonyl (C=O) groups excluding carboxylic acids is 1. The molecule has 0 radical (unpaired) electrons. The maximum Gasteiger partial charge on any atom is 0.220 e. The van der Waals surface area contributed by atoms with Gasteiger partial charge in [0.2, 0.25) is 5.91 Å². The summed E-state index contributed by atoms with van der Waals surface area (Å²) in [6.45, 7) is 2.42. The molecule has 0 bridgehead atoms. The van der Waals surface area contributed by atoms with Crippen LogP contribution in [0.2, 0.25) is 5.02 Å². The summed E-state index contributed by atoms with van der Waals surface area (Å²) in [5.41, 5.74) is 6.10. The van der Waals surface area contributed by atoms with Crippen LogP contribution in [0.5, 0.6) is 0 Å². The lowest BCUT2D eigenvalue weighted by molar-refractivity contribution is -0.120. The van der Waals surface area contributed by atoms with E-state index in [9.17, 15) is 9.00 Å². The number of halogens is 1. The molecule has 0 spiro atoms. The van der Waals surface area contributed by atoms with E-state index in [2.05, 4.69) is 5.32 Å². The van der Waals surface area contributed by atoms with Gasteiger partial charge in [0.15, 0.2) is 0 Å². The van der Waals surface area contributed by atoms with E-state index in [4.69, 9.17) is 17.3 Å². The zero-order valence-corrected chi connectivity index (χ0v) is 11.1. The van der Waals surface area contributed by atoms with Gasteiger partial charge in [-0.05, 0) is 25.1 Å². The summed E-state index contributed by atoms with van der Waals surface area (Å²) in [6.07, 6.45) is 0.225. The van der Waals surface area contributed by atoms with Gasteiger partial charge >= 0.3 is 0 Å². The maximum absolute atomic E-state index is 11.9. The molecule has 0 saturated heterocycles. The quantitative estimate of drug-likeness (QED) is 0.801. The molecule has 0 fully saturated rings. The molecular weight excluding hydrogens is 260 g/mol. The second-order valence-corrected chi connectivity index (χ2v) is 5.41. The van der Waals surface area contributed by atoms with Crippen LogP contribution >= 0.6 is 11.6 Å². The number of anilines is 1. The smallest absolute Gasteiger partial charge is 0.220 e. The minimum atomic E-state index is -1.27. The average Bonchev–Trinajstić information content (AvgIpc) is 2.26. The van der Waals surface area contributed by atoms with Crippen LogP contribution in [0, 0.1) is 0 Å². The molecule has 1 unspecified atom stereocenters. The van der Waals surface area contributed by atoms with Crippen LogP contribution < -0.4 is 11.1 Å². The third-order valence-corrected chi connectivity index (χ3v) is 3.78.